The zero-order valence-electron chi connectivity index (χ0n) is 10.6. The van der Waals surface area contributed by atoms with Gasteiger partial charge in [0, 0.05) is 23.8 Å². The smallest absolute Gasteiger partial charge is 0.123 e. The Morgan fingerprint density at radius 2 is 2.05 bits per heavy atom. The van der Waals surface area contributed by atoms with Crippen molar-refractivity contribution in [3.8, 4) is 0 Å². The molecule has 0 atom stereocenters. The highest BCUT2D eigenvalue weighted by molar-refractivity contribution is 9.10. The summed E-state index contributed by atoms with van der Waals surface area (Å²) in [5.74, 6) is -0.229. The molecule has 2 rings (SSSR count). The maximum Gasteiger partial charge on any atom is 0.123 e. The first-order valence-corrected chi connectivity index (χ1v) is 6.74. The van der Waals surface area contributed by atoms with Crippen LogP contribution in [-0.2, 0) is 17.9 Å². The first-order chi connectivity index (χ1) is 9.19. The molecule has 0 aliphatic heterocycles. The number of hydrogen-bond donors (Lipinski definition) is 1. The minimum atomic E-state index is -0.229. The standard InChI is InChI=1S/C15H15BrFNO/c1-19-10-11-3-2-4-14(7-11)18-9-12-8-13(17)5-6-15(12)16/h2-8,18H,9-10H2,1H3. The fraction of sp³-hybridized carbons (Fsp3) is 0.200. The lowest BCUT2D eigenvalue weighted by atomic mass is 10.2. The maximum atomic E-state index is 13.2. The fourth-order valence-corrected chi connectivity index (χ4v) is 2.20. The number of benzene rings is 2. The number of ether oxygens (including phenoxy) is 1. The van der Waals surface area contributed by atoms with Gasteiger partial charge < -0.3 is 10.1 Å². The Labute approximate surface area is 120 Å². The van der Waals surface area contributed by atoms with E-state index in [9.17, 15) is 4.39 Å². The molecule has 0 bridgehead atoms. The van der Waals surface area contributed by atoms with Crippen LogP contribution in [0.4, 0.5) is 10.1 Å². The van der Waals surface area contributed by atoms with Crippen LogP contribution in [-0.4, -0.2) is 7.11 Å². The Bertz CT molecular complexity index is 560. The first-order valence-electron chi connectivity index (χ1n) is 5.94. The van der Waals surface area contributed by atoms with E-state index in [1.54, 1.807) is 13.2 Å². The Hall–Kier alpha value is -1.39. The van der Waals surface area contributed by atoms with E-state index in [1.807, 2.05) is 24.3 Å². The largest absolute Gasteiger partial charge is 0.381 e. The molecule has 100 valence electrons. The summed E-state index contributed by atoms with van der Waals surface area (Å²) in [4.78, 5) is 0. The van der Waals surface area contributed by atoms with E-state index in [0.29, 0.717) is 13.2 Å². The molecule has 1 N–H and O–H groups in total. The average molecular weight is 324 g/mol. The fourth-order valence-electron chi connectivity index (χ4n) is 1.81. The van der Waals surface area contributed by atoms with Gasteiger partial charge in [-0.3, -0.25) is 0 Å². The third-order valence-corrected chi connectivity index (χ3v) is 3.50. The molecule has 19 heavy (non-hydrogen) atoms. The van der Waals surface area contributed by atoms with E-state index in [1.165, 1.54) is 12.1 Å². The second-order valence-corrected chi connectivity index (χ2v) is 5.08. The van der Waals surface area contributed by atoms with Crippen LogP contribution >= 0.6 is 15.9 Å². The van der Waals surface area contributed by atoms with Crippen LogP contribution in [0.1, 0.15) is 11.1 Å². The summed E-state index contributed by atoms with van der Waals surface area (Å²) in [5, 5.41) is 3.28. The van der Waals surface area contributed by atoms with Gasteiger partial charge in [-0.15, -0.1) is 0 Å². The van der Waals surface area contributed by atoms with Crippen molar-refractivity contribution in [1.82, 2.24) is 0 Å². The molecular formula is C15H15BrFNO. The summed E-state index contributed by atoms with van der Waals surface area (Å²) in [5.41, 5.74) is 2.98. The van der Waals surface area contributed by atoms with Crippen LogP contribution in [0.2, 0.25) is 0 Å². The molecule has 4 heteroatoms. The Morgan fingerprint density at radius 1 is 1.21 bits per heavy atom. The van der Waals surface area contributed by atoms with E-state index < -0.39 is 0 Å². The van der Waals surface area contributed by atoms with Crippen molar-refractivity contribution >= 4 is 21.6 Å². The van der Waals surface area contributed by atoms with Crippen LogP contribution in [0.15, 0.2) is 46.9 Å². The lowest BCUT2D eigenvalue weighted by Gasteiger charge is -2.10. The Kier molecular flexibility index (Phi) is 4.93. The number of rotatable bonds is 5. The maximum absolute atomic E-state index is 13.2. The van der Waals surface area contributed by atoms with Crippen LogP contribution in [0.3, 0.4) is 0 Å². The molecule has 2 nitrogen and oxygen atoms in total. The highest BCUT2D eigenvalue weighted by atomic mass is 79.9. The van der Waals surface area contributed by atoms with Crippen molar-refractivity contribution in [2.75, 3.05) is 12.4 Å². The zero-order valence-corrected chi connectivity index (χ0v) is 12.2. The average Bonchev–Trinajstić information content (AvgIpc) is 2.41. The normalized spacial score (nSPS) is 10.5. The van der Waals surface area contributed by atoms with Gasteiger partial charge in [0.05, 0.1) is 6.61 Å². The molecule has 2 aromatic rings. The lowest BCUT2D eigenvalue weighted by molar-refractivity contribution is 0.185. The van der Waals surface area contributed by atoms with Gasteiger partial charge in [0.2, 0.25) is 0 Å². The zero-order chi connectivity index (χ0) is 13.7. The van der Waals surface area contributed by atoms with Gasteiger partial charge in [-0.1, -0.05) is 28.1 Å². The Morgan fingerprint density at radius 3 is 2.84 bits per heavy atom. The molecule has 0 heterocycles. The number of hydrogen-bond acceptors (Lipinski definition) is 2. The summed E-state index contributed by atoms with van der Waals surface area (Å²) in [7, 11) is 1.67. The van der Waals surface area contributed by atoms with Crippen molar-refractivity contribution in [2.45, 2.75) is 13.2 Å². The number of halogens is 2. The summed E-state index contributed by atoms with van der Waals surface area (Å²) in [6.07, 6.45) is 0. The monoisotopic (exact) mass is 323 g/mol. The Balaban J connectivity index is 2.05. The van der Waals surface area contributed by atoms with Crippen molar-refractivity contribution in [3.05, 3.63) is 63.9 Å². The second-order valence-electron chi connectivity index (χ2n) is 4.22. The molecule has 0 saturated heterocycles. The van der Waals surface area contributed by atoms with E-state index in [-0.39, 0.29) is 5.82 Å². The van der Waals surface area contributed by atoms with Crippen LogP contribution in [0, 0.1) is 5.82 Å². The van der Waals surface area contributed by atoms with Crippen molar-refractivity contribution in [3.63, 3.8) is 0 Å². The van der Waals surface area contributed by atoms with Crippen molar-refractivity contribution in [2.24, 2.45) is 0 Å². The van der Waals surface area contributed by atoms with Gasteiger partial charge in [0.15, 0.2) is 0 Å². The molecular weight excluding hydrogens is 309 g/mol. The summed E-state index contributed by atoms with van der Waals surface area (Å²) in [6, 6.07) is 12.7. The van der Waals surface area contributed by atoms with E-state index in [2.05, 4.69) is 21.2 Å². The predicted octanol–water partition coefficient (Wildman–Crippen LogP) is 4.35. The third kappa shape index (κ3) is 4.04. The number of methoxy groups -OCH3 is 1. The van der Waals surface area contributed by atoms with Crippen LogP contribution < -0.4 is 5.32 Å². The summed E-state index contributed by atoms with van der Waals surface area (Å²) < 4.78 is 19.2. The van der Waals surface area contributed by atoms with E-state index >= 15 is 0 Å². The molecule has 0 radical (unpaired) electrons. The number of anilines is 1. The molecule has 0 aliphatic carbocycles. The SMILES string of the molecule is COCc1cccc(NCc2cc(F)ccc2Br)c1. The van der Waals surface area contributed by atoms with Gasteiger partial charge in [0.25, 0.3) is 0 Å². The van der Waals surface area contributed by atoms with Gasteiger partial charge in [-0.2, -0.15) is 0 Å². The first kappa shape index (κ1) is 14.0. The molecule has 0 aliphatic rings. The number of nitrogens with one attached hydrogen (secondary N) is 1. The predicted molar refractivity (Wildman–Crippen MR) is 78.6 cm³/mol. The van der Waals surface area contributed by atoms with Crippen LogP contribution in [0.5, 0.6) is 0 Å². The second kappa shape index (κ2) is 6.68. The highest BCUT2D eigenvalue weighted by Crippen LogP contribution is 2.20. The topological polar surface area (TPSA) is 21.3 Å². The molecule has 0 fully saturated rings. The van der Waals surface area contributed by atoms with Gasteiger partial charge in [-0.25, -0.2) is 4.39 Å². The van der Waals surface area contributed by atoms with Gasteiger partial charge >= 0.3 is 0 Å². The third-order valence-electron chi connectivity index (χ3n) is 2.73. The molecule has 0 unspecified atom stereocenters. The minimum absolute atomic E-state index is 0.229. The minimum Gasteiger partial charge on any atom is -0.381 e. The van der Waals surface area contributed by atoms with Gasteiger partial charge in [-0.05, 0) is 41.5 Å². The quantitative estimate of drug-likeness (QED) is 0.883. The molecule has 2 aromatic carbocycles. The van der Waals surface area contributed by atoms with Crippen molar-refractivity contribution < 1.29 is 9.13 Å². The van der Waals surface area contributed by atoms with Crippen molar-refractivity contribution in [1.29, 1.82) is 0 Å². The molecule has 0 aromatic heterocycles. The molecule has 0 saturated carbocycles. The lowest BCUT2D eigenvalue weighted by Crippen LogP contribution is -2.01. The molecule has 0 amide bonds. The highest BCUT2D eigenvalue weighted by Gasteiger charge is 2.02. The van der Waals surface area contributed by atoms with Gasteiger partial charge in [0.1, 0.15) is 5.82 Å². The molecule has 0 spiro atoms. The van der Waals surface area contributed by atoms with E-state index in [4.69, 9.17) is 4.74 Å². The summed E-state index contributed by atoms with van der Waals surface area (Å²) in [6.45, 7) is 1.15. The van der Waals surface area contributed by atoms with Crippen LogP contribution in [0.25, 0.3) is 0 Å². The van der Waals surface area contributed by atoms with E-state index in [0.717, 1.165) is 21.3 Å². The summed E-state index contributed by atoms with van der Waals surface area (Å²) >= 11 is 3.42.